The molecule has 1 saturated heterocycles. The molecule has 1 heterocycles. The van der Waals surface area contributed by atoms with Gasteiger partial charge >= 0.3 is 6.03 Å². The van der Waals surface area contributed by atoms with Crippen molar-refractivity contribution in [1.82, 2.24) is 4.90 Å². The molecule has 24 heavy (non-hydrogen) atoms. The summed E-state index contributed by atoms with van der Waals surface area (Å²) in [4.78, 5) is 16.3. The summed E-state index contributed by atoms with van der Waals surface area (Å²) in [5.74, 6) is 0. The van der Waals surface area contributed by atoms with E-state index in [2.05, 4.69) is 16.3 Å². The molecule has 1 aliphatic rings. The van der Waals surface area contributed by atoms with Gasteiger partial charge in [-0.2, -0.15) is 5.26 Å². The van der Waals surface area contributed by atoms with Crippen molar-refractivity contribution in [3.63, 3.8) is 0 Å². The number of carbonyl (C=O) groups excluding carboxylic acids is 1. The second kappa shape index (κ2) is 7.24. The number of nitrogens with zero attached hydrogens (tertiary/aromatic N) is 3. The topological polar surface area (TPSA) is 59.4 Å². The Labute approximate surface area is 146 Å². The quantitative estimate of drug-likeness (QED) is 0.909. The fraction of sp³-hybridized carbons (Fsp3) is 0.222. The van der Waals surface area contributed by atoms with E-state index in [-0.39, 0.29) is 6.03 Å². The fourth-order valence-corrected chi connectivity index (χ4v) is 2.89. The van der Waals surface area contributed by atoms with Crippen molar-refractivity contribution in [2.24, 2.45) is 0 Å². The predicted octanol–water partition coefficient (Wildman–Crippen LogP) is 3.57. The SMILES string of the molecule is N#Cc1cccc(NC(=O)N2CCN(c3cccc(Cl)c3)CC2)c1. The number of hydrogen-bond acceptors (Lipinski definition) is 3. The summed E-state index contributed by atoms with van der Waals surface area (Å²) in [7, 11) is 0. The molecule has 0 atom stereocenters. The van der Waals surface area contributed by atoms with E-state index in [0.717, 1.165) is 18.8 Å². The van der Waals surface area contributed by atoms with Crippen molar-refractivity contribution in [3.05, 3.63) is 59.1 Å². The molecule has 0 bridgehead atoms. The standard InChI is InChI=1S/C18H17ClN4O/c19-15-4-2-6-17(12-15)22-7-9-23(10-8-22)18(24)21-16-5-1-3-14(11-16)13-20/h1-6,11-12H,7-10H2,(H,21,24). The van der Waals surface area contributed by atoms with E-state index < -0.39 is 0 Å². The molecule has 1 aliphatic heterocycles. The number of benzene rings is 2. The third-order valence-electron chi connectivity index (χ3n) is 3.98. The highest BCUT2D eigenvalue weighted by molar-refractivity contribution is 6.30. The number of carbonyl (C=O) groups is 1. The highest BCUT2D eigenvalue weighted by Crippen LogP contribution is 2.21. The predicted molar refractivity (Wildman–Crippen MR) is 95.4 cm³/mol. The summed E-state index contributed by atoms with van der Waals surface area (Å²) in [5.41, 5.74) is 2.24. The van der Waals surface area contributed by atoms with E-state index in [1.807, 2.05) is 24.3 Å². The average Bonchev–Trinajstić information content (AvgIpc) is 2.62. The van der Waals surface area contributed by atoms with Gasteiger partial charge in [-0.3, -0.25) is 0 Å². The summed E-state index contributed by atoms with van der Waals surface area (Å²) < 4.78 is 0. The number of urea groups is 1. The lowest BCUT2D eigenvalue weighted by atomic mass is 10.2. The largest absolute Gasteiger partial charge is 0.368 e. The molecule has 2 aromatic rings. The first-order valence-corrected chi connectivity index (χ1v) is 8.10. The second-order valence-corrected chi connectivity index (χ2v) is 6.01. The van der Waals surface area contributed by atoms with Crippen molar-refractivity contribution in [3.8, 4) is 6.07 Å². The molecule has 1 N–H and O–H groups in total. The van der Waals surface area contributed by atoms with Gasteiger partial charge in [-0.25, -0.2) is 4.79 Å². The number of halogens is 1. The lowest BCUT2D eigenvalue weighted by Gasteiger charge is -2.36. The van der Waals surface area contributed by atoms with Crippen LogP contribution in [0.3, 0.4) is 0 Å². The Bertz CT molecular complexity index is 779. The molecule has 0 saturated carbocycles. The van der Waals surface area contributed by atoms with Crippen LogP contribution in [-0.2, 0) is 0 Å². The van der Waals surface area contributed by atoms with Gasteiger partial charge in [0, 0.05) is 42.6 Å². The van der Waals surface area contributed by atoms with Crippen LogP contribution in [0, 0.1) is 11.3 Å². The minimum Gasteiger partial charge on any atom is -0.368 e. The highest BCUT2D eigenvalue weighted by atomic mass is 35.5. The van der Waals surface area contributed by atoms with Gasteiger partial charge in [-0.1, -0.05) is 23.7 Å². The van der Waals surface area contributed by atoms with Crippen LogP contribution in [-0.4, -0.2) is 37.1 Å². The van der Waals surface area contributed by atoms with Crippen LogP contribution < -0.4 is 10.2 Å². The van der Waals surface area contributed by atoms with Gasteiger partial charge in [-0.15, -0.1) is 0 Å². The minimum atomic E-state index is -0.143. The molecule has 0 aliphatic carbocycles. The molecule has 0 radical (unpaired) electrons. The molecule has 0 spiro atoms. The molecule has 1 fully saturated rings. The van der Waals surface area contributed by atoms with Gasteiger partial charge in [0.1, 0.15) is 0 Å². The molecule has 0 aromatic heterocycles. The molecule has 3 rings (SSSR count). The van der Waals surface area contributed by atoms with E-state index in [1.54, 1.807) is 29.2 Å². The summed E-state index contributed by atoms with van der Waals surface area (Å²) in [6.07, 6.45) is 0. The summed E-state index contributed by atoms with van der Waals surface area (Å²) in [5, 5.41) is 12.5. The summed E-state index contributed by atoms with van der Waals surface area (Å²) >= 11 is 6.03. The maximum atomic E-state index is 12.4. The van der Waals surface area contributed by atoms with E-state index in [4.69, 9.17) is 16.9 Å². The minimum absolute atomic E-state index is 0.143. The van der Waals surface area contributed by atoms with E-state index in [9.17, 15) is 4.79 Å². The van der Waals surface area contributed by atoms with Crippen molar-refractivity contribution < 1.29 is 4.79 Å². The van der Waals surface area contributed by atoms with Crippen LogP contribution in [0.2, 0.25) is 5.02 Å². The zero-order chi connectivity index (χ0) is 16.9. The van der Waals surface area contributed by atoms with Gasteiger partial charge in [-0.05, 0) is 36.4 Å². The van der Waals surface area contributed by atoms with Crippen molar-refractivity contribution in [2.45, 2.75) is 0 Å². The van der Waals surface area contributed by atoms with Gasteiger partial charge in [0.15, 0.2) is 0 Å². The Morgan fingerprint density at radius 1 is 1.08 bits per heavy atom. The third kappa shape index (κ3) is 3.79. The zero-order valence-corrected chi connectivity index (χ0v) is 13.8. The van der Waals surface area contributed by atoms with Crippen LogP contribution in [0.15, 0.2) is 48.5 Å². The Hall–Kier alpha value is -2.71. The van der Waals surface area contributed by atoms with E-state index >= 15 is 0 Å². The Morgan fingerprint density at radius 2 is 1.83 bits per heavy atom. The third-order valence-corrected chi connectivity index (χ3v) is 4.22. The highest BCUT2D eigenvalue weighted by Gasteiger charge is 2.21. The lowest BCUT2D eigenvalue weighted by Crippen LogP contribution is -2.50. The molecule has 2 amide bonds. The van der Waals surface area contributed by atoms with Crippen LogP contribution in [0.25, 0.3) is 0 Å². The number of hydrogen-bond donors (Lipinski definition) is 1. The maximum Gasteiger partial charge on any atom is 0.321 e. The first kappa shape index (κ1) is 16.2. The molecule has 6 heteroatoms. The zero-order valence-electron chi connectivity index (χ0n) is 13.1. The number of nitriles is 1. The Balaban J connectivity index is 1.58. The van der Waals surface area contributed by atoms with Gasteiger partial charge in [0.25, 0.3) is 0 Å². The fourth-order valence-electron chi connectivity index (χ4n) is 2.71. The molecule has 0 unspecified atom stereocenters. The smallest absolute Gasteiger partial charge is 0.321 e. The maximum absolute atomic E-state index is 12.4. The van der Waals surface area contributed by atoms with Crippen molar-refractivity contribution in [1.29, 1.82) is 5.26 Å². The second-order valence-electron chi connectivity index (χ2n) is 5.58. The number of piperazine rings is 1. The first-order chi connectivity index (χ1) is 11.7. The Morgan fingerprint density at radius 3 is 2.54 bits per heavy atom. The molecule has 122 valence electrons. The molecular formula is C18H17ClN4O. The van der Waals surface area contributed by atoms with E-state index in [0.29, 0.717) is 29.4 Å². The van der Waals surface area contributed by atoms with Crippen molar-refractivity contribution in [2.75, 3.05) is 36.4 Å². The molecule has 5 nitrogen and oxygen atoms in total. The number of rotatable bonds is 2. The van der Waals surface area contributed by atoms with Crippen molar-refractivity contribution >= 4 is 29.0 Å². The summed E-state index contributed by atoms with van der Waals surface area (Å²) in [6, 6.07) is 16.6. The first-order valence-electron chi connectivity index (χ1n) is 7.72. The summed E-state index contributed by atoms with van der Waals surface area (Å²) in [6.45, 7) is 2.78. The van der Waals surface area contributed by atoms with Gasteiger partial charge < -0.3 is 15.1 Å². The normalized spacial score (nSPS) is 14.2. The Kier molecular flexibility index (Phi) is 4.88. The van der Waals surface area contributed by atoms with Crippen LogP contribution in [0.1, 0.15) is 5.56 Å². The lowest BCUT2D eigenvalue weighted by molar-refractivity contribution is 0.208. The molecular weight excluding hydrogens is 324 g/mol. The van der Waals surface area contributed by atoms with Gasteiger partial charge in [0.2, 0.25) is 0 Å². The number of anilines is 2. The van der Waals surface area contributed by atoms with Gasteiger partial charge in [0.05, 0.1) is 11.6 Å². The van der Waals surface area contributed by atoms with E-state index in [1.165, 1.54) is 0 Å². The number of nitrogens with one attached hydrogen (secondary N) is 1. The van der Waals surface area contributed by atoms with Crippen LogP contribution in [0.5, 0.6) is 0 Å². The monoisotopic (exact) mass is 340 g/mol. The molecule has 2 aromatic carbocycles. The van der Waals surface area contributed by atoms with Crippen LogP contribution >= 0.6 is 11.6 Å². The number of amides is 2. The average molecular weight is 341 g/mol. The van der Waals surface area contributed by atoms with Crippen LogP contribution in [0.4, 0.5) is 16.2 Å².